The molecular formula is C18H17F2N7. The normalized spacial score (nSPS) is 12.6. The number of hydrogen-bond acceptors (Lipinski definition) is 5. The summed E-state index contributed by atoms with van der Waals surface area (Å²) in [6.07, 6.45) is 0.992. The fourth-order valence-electron chi connectivity index (χ4n) is 2.78. The maximum atomic E-state index is 13.0. The van der Waals surface area contributed by atoms with Gasteiger partial charge in [-0.15, -0.1) is 15.3 Å². The molecule has 0 saturated carbocycles. The maximum absolute atomic E-state index is 13.0. The molecule has 7 nitrogen and oxygen atoms in total. The van der Waals surface area contributed by atoms with Gasteiger partial charge in [-0.2, -0.15) is 9.61 Å². The Labute approximate surface area is 153 Å². The van der Waals surface area contributed by atoms with Crippen LogP contribution in [0.1, 0.15) is 36.3 Å². The summed E-state index contributed by atoms with van der Waals surface area (Å²) in [4.78, 5) is 0. The molecule has 0 fully saturated rings. The zero-order valence-electron chi connectivity index (χ0n) is 14.5. The van der Waals surface area contributed by atoms with Crippen molar-refractivity contribution in [3.05, 3.63) is 71.8 Å². The molecule has 0 bridgehead atoms. The van der Waals surface area contributed by atoms with Gasteiger partial charge in [0.2, 0.25) is 5.82 Å². The summed E-state index contributed by atoms with van der Waals surface area (Å²) in [5, 5.41) is 18.9. The molecule has 0 amide bonds. The van der Waals surface area contributed by atoms with E-state index in [1.54, 1.807) is 18.3 Å². The molecule has 3 heterocycles. The van der Waals surface area contributed by atoms with Crippen LogP contribution in [0.3, 0.4) is 0 Å². The molecule has 9 heteroatoms. The standard InChI is InChI=1S/C18H17F2N7/c1-12(14-9-21-26(11-14)10-13-5-3-2-4-6-13)22-15-7-8-16-23-24-18(17(19)20)27(16)25-15/h2-9,11-12,17H,10H2,1H3,(H,22,25). The van der Waals surface area contributed by atoms with Crippen LogP contribution >= 0.6 is 0 Å². The highest BCUT2D eigenvalue weighted by atomic mass is 19.3. The van der Waals surface area contributed by atoms with Crippen LogP contribution in [0.5, 0.6) is 0 Å². The minimum Gasteiger partial charge on any atom is -0.362 e. The third kappa shape index (κ3) is 3.62. The first kappa shape index (κ1) is 17.1. The highest BCUT2D eigenvalue weighted by molar-refractivity contribution is 5.45. The Bertz CT molecular complexity index is 1040. The van der Waals surface area contributed by atoms with Crippen molar-refractivity contribution in [3.63, 3.8) is 0 Å². The summed E-state index contributed by atoms with van der Waals surface area (Å²) in [7, 11) is 0. The van der Waals surface area contributed by atoms with Gasteiger partial charge in [0.25, 0.3) is 6.43 Å². The topological polar surface area (TPSA) is 72.9 Å². The van der Waals surface area contributed by atoms with E-state index in [-0.39, 0.29) is 11.7 Å². The molecule has 1 atom stereocenters. The molecular weight excluding hydrogens is 352 g/mol. The fraction of sp³-hybridized carbons (Fsp3) is 0.222. The Morgan fingerprint density at radius 1 is 1.07 bits per heavy atom. The molecule has 1 N–H and O–H groups in total. The number of fused-ring (bicyclic) bond motifs is 1. The molecule has 1 aromatic carbocycles. The molecule has 138 valence electrons. The van der Waals surface area contributed by atoms with Crippen LogP contribution in [0.15, 0.2) is 54.9 Å². The predicted octanol–water partition coefficient (Wildman–Crippen LogP) is 3.48. The second-order valence-electron chi connectivity index (χ2n) is 6.17. The SMILES string of the molecule is CC(Nc1ccc2nnc(C(F)F)n2n1)c1cnn(Cc2ccccc2)c1. The average molecular weight is 369 g/mol. The number of halogens is 2. The average Bonchev–Trinajstić information content (AvgIpc) is 3.29. The highest BCUT2D eigenvalue weighted by Crippen LogP contribution is 2.20. The molecule has 0 aliphatic rings. The van der Waals surface area contributed by atoms with Crippen molar-refractivity contribution < 1.29 is 8.78 Å². The molecule has 0 radical (unpaired) electrons. The van der Waals surface area contributed by atoms with Gasteiger partial charge in [0, 0.05) is 11.8 Å². The Balaban J connectivity index is 1.50. The van der Waals surface area contributed by atoms with Crippen molar-refractivity contribution in [2.75, 3.05) is 5.32 Å². The highest BCUT2D eigenvalue weighted by Gasteiger charge is 2.17. The molecule has 27 heavy (non-hydrogen) atoms. The van der Waals surface area contributed by atoms with Gasteiger partial charge < -0.3 is 5.32 Å². The third-order valence-electron chi connectivity index (χ3n) is 4.19. The summed E-state index contributed by atoms with van der Waals surface area (Å²) in [5.74, 6) is -0.0236. The number of hydrogen-bond donors (Lipinski definition) is 1. The number of nitrogens with one attached hydrogen (secondary N) is 1. The van der Waals surface area contributed by atoms with E-state index in [2.05, 4.69) is 25.7 Å². The first-order chi connectivity index (χ1) is 13.1. The number of alkyl halides is 2. The van der Waals surface area contributed by atoms with E-state index in [9.17, 15) is 8.78 Å². The molecule has 0 saturated heterocycles. The van der Waals surface area contributed by atoms with E-state index < -0.39 is 12.2 Å². The second kappa shape index (κ2) is 7.10. The van der Waals surface area contributed by atoms with E-state index in [1.807, 2.05) is 48.1 Å². The lowest BCUT2D eigenvalue weighted by Gasteiger charge is -2.12. The first-order valence-electron chi connectivity index (χ1n) is 8.43. The van der Waals surface area contributed by atoms with Crippen LogP contribution < -0.4 is 5.32 Å². The molecule has 0 spiro atoms. The van der Waals surface area contributed by atoms with Gasteiger partial charge in [0.05, 0.1) is 18.8 Å². The number of anilines is 1. The van der Waals surface area contributed by atoms with E-state index in [4.69, 9.17) is 0 Å². The molecule has 1 unspecified atom stereocenters. The largest absolute Gasteiger partial charge is 0.362 e. The van der Waals surface area contributed by atoms with Crippen molar-refractivity contribution in [1.29, 1.82) is 0 Å². The smallest absolute Gasteiger partial charge is 0.299 e. The van der Waals surface area contributed by atoms with Gasteiger partial charge >= 0.3 is 0 Å². The Kier molecular flexibility index (Phi) is 4.49. The first-order valence-corrected chi connectivity index (χ1v) is 8.43. The fourth-order valence-corrected chi connectivity index (χ4v) is 2.78. The van der Waals surface area contributed by atoms with Crippen molar-refractivity contribution in [3.8, 4) is 0 Å². The van der Waals surface area contributed by atoms with Crippen LogP contribution in [-0.2, 0) is 6.54 Å². The van der Waals surface area contributed by atoms with Gasteiger partial charge in [-0.3, -0.25) is 4.68 Å². The summed E-state index contributed by atoms with van der Waals surface area (Å²) in [5.41, 5.74) is 2.40. The van der Waals surface area contributed by atoms with E-state index in [0.29, 0.717) is 12.4 Å². The number of aromatic nitrogens is 6. The van der Waals surface area contributed by atoms with Gasteiger partial charge in [-0.1, -0.05) is 30.3 Å². The quantitative estimate of drug-likeness (QED) is 0.563. The van der Waals surface area contributed by atoms with Gasteiger partial charge in [-0.05, 0) is 24.6 Å². The van der Waals surface area contributed by atoms with E-state index in [0.717, 1.165) is 15.6 Å². The Hall–Kier alpha value is -3.36. The summed E-state index contributed by atoms with van der Waals surface area (Å²) in [6, 6.07) is 13.2. The summed E-state index contributed by atoms with van der Waals surface area (Å²) < 4.78 is 28.9. The maximum Gasteiger partial charge on any atom is 0.299 e. The van der Waals surface area contributed by atoms with Crippen molar-refractivity contribution >= 4 is 11.5 Å². The molecule has 4 aromatic rings. The van der Waals surface area contributed by atoms with Crippen molar-refractivity contribution in [2.24, 2.45) is 0 Å². The van der Waals surface area contributed by atoms with Crippen LogP contribution in [0.2, 0.25) is 0 Å². The Morgan fingerprint density at radius 3 is 2.67 bits per heavy atom. The molecule has 0 aliphatic carbocycles. The van der Waals surface area contributed by atoms with Gasteiger partial charge in [0.15, 0.2) is 5.65 Å². The summed E-state index contributed by atoms with van der Waals surface area (Å²) >= 11 is 0. The summed E-state index contributed by atoms with van der Waals surface area (Å²) in [6.45, 7) is 2.63. The van der Waals surface area contributed by atoms with Crippen molar-refractivity contribution in [1.82, 2.24) is 29.6 Å². The number of benzene rings is 1. The zero-order valence-corrected chi connectivity index (χ0v) is 14.5. The lowest BCUT2D eigenvalue weighted by Crippen LogP contribution is -2.10. The lowest BCUT2D eigenvalue weighted by atomic mass is 10.2. The predicted molar refractivity (Wildman–Crippen MR) is 95.5 cm³/mol. The lowest BCUT2D eigenvalue weighted by molar-refractivity contribution is 0.137. The van der Waals surface area contributed by atoms with Gasteiger partial charge in [0.1, 0.15) is 5.82 Å². The van der Waals surface area contributed by atoms with Crippen LogP contribution in [0.25, 0.3) is 5.65 Å². The van der Waals surface area contributed by atoms with Crippen molar-refractivity contribution in [2.45, 2.75) is 25.9 Å². The second-order valence-corrected chi connectivity index (χ2v) is 6.17. The zero-order chi connectivity index (χ0) is 18.8. The number of nitrogens with zero attached hydrogens (tertiary/aromatic N) is 6. The van der Waals surface area contributed by atoms with Gasteiger partial charge in [-0.25, -0.2) is 8.78 Å². The van der Waals surface area contributed by atoms with Crippen LogP contribution in [0.4, 0.5) is 14.6 Å². The third-order valence-corrected chi connectivity index (χ3v) is 4.19. The van der Waals surface area contributed by atoms with Crippen LogP contribution in [-0.4, -0.2) is 29.6 Å². The van der Waals surface area contributed by atoms with E-state index in [1.165, 1.54) is 0 Å². The molecule has 4 rings (SSSR count). The molecule has 0 aliphatic heterocycles. The minimum absolute atomic E-state index is 0.106. The monoisotopic (exact) mass is 369 g/mol. The van der Waals surface area contributed by atoms with Crippen LogP contribution in [0, 0.1) is 0 Å². The Morgan fingerprint density at radius 2 is 1.89 bits per heavy atom. The number of rotatable bonds is 6. The minimum atomic E-state index is -2.74. The molecule has 3 aromatic heterocycles. The van der Waals surface area contributed by atoms with E-state index >= 15 is 0 Å².